The Bertz CT molecular complexity index is 6670. The minimum absolute atomic E-state index is 0.0156. The third-order valence-electron chi connectivity index (χ3n) is 24.0. The predicted octanol–water partition coefficient (Wildman–Crippen LogP) is 17.2. The molecular weight excluding hydrogens is 1790 g/mol. The van der Waals surface area contributed by atoms with Gasteiger partial charge in [0, 0.05) is 210 Å². The zero-order valence-corrected chi connectivity index (χ0v) is 79.9. The van der Waals surface area contributed by atoms with Crippen LogP contribution in [-0.4, -0.2) is 228 Å². The lowest BCUT2D eigenvalue weighted by Gasteiger charge is -2.27. The summed E-state index contributed by atoms with van der Waals surface area (Å²) >= 11 is 3.45. The van der Waals surface area contributed by atoms with E-state index in [1.165, 1.54) is 51.6 Å². The Balaban J connectivity index is 0.000000132. The van der Waals surface area contributed by atoms with E-state index in [9.17, 15) is 9.90 Å². The normalized spacial score (nSPS) is 13.0. The van der Waals surface area contributed by atoms with Gasteiger partial charge >= 0.3 is 0 Å². The van der Waals surface area contributed by atoms with Crippen LogP contribution in [0.2, 0.25) is 0 Å². The number of fused-ring (bicyclic) bond motifs is 4. The molecule has 33 nitrogen and oxygen atoms in total. The highest BCUT2D eigenvalue weighted by molar-refractivity contribution is 9.09. The fourth-order valence-corrected chi connectivity index (χ4v) is 16.5. The van der Waals surface area contributed by atoms with Crippen LogP contribution in [0, 0.1) is 11.8 Å². The smallest absolute Gasteiger partial charge is 0.247 e. The van der Waals surface area contributed by atoms with Crippen LogP contribution in [0.5, 0.6) is 46.0 Å². The molecule has 704 valence electrons. The topological polar surface area (TPSA) is 345 Å². The second-order valence-electron chi connectivity index (χ2n) is 33.8. The molecule has 19 rings (SSSR count). The lowest BCUT2D eigenvalue weighted by atomic mass is 10.1. The van der Waals surface area contributed by atoms with Crippen LogP contribution < -0.4 is 62.8 Å². The number of aromatic nitrogens is 16. The van der Waals surface area contributed by atoms with Crippen molar-refractivity contribution in [1.82, 2.24) is 89.6 Å². The number of alkyl halides is 1. The summed E-state index contributed by atoms with van der Waals surface area (Å²) in [5.41, 5.74) is 20.1. The van der Waals surface area contributed by atoms with Gasteiger partial charge in [0.15, 0.2) is 0 Å². The molecular formula is C102H113BrN22O11. The quantitative estimate of drug-likeness (QED) is 0.0265. The molecule has 16 aromatic rings. The maximum atomic E-state index is 12.6. The summed E-state index contributed by atoms with van der Waals surface area (Å²) in [6.45, 7) is 11.0. The van der Waals surface area contributed by atoms with Gasteiger partial charge < -0.3 is 77.9 Å². The number of benzene rings is 8. The van der Waals surface area contributed by atoms with E-state index in [1.54, 1.807) is 123 Å². The summed E-state index contributed by atoms with van der Waals surface area (Å²) in [7, 11) is 15.1. The fraction of sp³-hybridized carbons (Fsp3) is 0.324. The van der Waals surface area contributed by atoms with E-state index in [2.05, 4.69) is 147 Å². The standard InChI is InChI=1S/C29H34N6O4.C27H32N6O2.C25H26BrN5O2.C21H21N5O3/c1-29(2,28(37)30-9-10-36)35-18-20(15-32-35)27-16-31-25-8-7-21(13-26(25)33-27)34(17-19-5-6-19)22-11-23(38-3)14-24(12-22)39-4;1-31-19-20(17-29-31)27-18-28-25-8-7-21(15-26(25)30-27)33(12-6-11-32-9-4-5-10-32)22-13-23(34-2)16-24(14-22)35-3;1-32-21-9-20(10-22(12-21)33-2)31(15-17-3-4-17)19-5-6-23-24(11-19)29-25(14-27-23)18-13-28-30(16-18)8-7-26;1-28-17-7-16(8-18(10-17)29-2)26(5-6-27)15-3-4-19-20(9-15)25-21(13-22-19)14-11-23-24-12-14/h7-8,11-16,18-19,36H,5-6,9-10,17H2,1-4H3,(H,30,37);7-8,13-19H,4-6,9-12H2,1-3H3;5-6,9-14,16-17H,3-4,7-8,15H2,1-2H3;3-4,7-13,27H,5-6H2,1-2H3,(H,23,24). The number of rotatable bonds is 36. The van der Waals surface area contributed by atoms with Crippen molar-refractivity contribution in [3.05, 3.63) is 220 Å². The molecule has 1 saturated heterocycles. The number of aliphatic hydroxyl groups excluding tert-OH is 2. The van der Waals surface area contributed by atoms with Crippen LogP contribution in [0.3, 0.4) is 0 Å². The van der Waals surface area contributed by atoms with Gasteiger partial charge in [0.1, 0.15) is 51.5 Å². The lowest BCUT2D eigenvalue weighted by molar-refractivity contribution is -0.129. The van der Waals surface area contributed by atoms with Gasteiger partial charge in [-0.3, -0.25) is 43.9 Å². The van der Waals surface area contributed by atoms with Crippen molar-refractivity contribution in [1.29, 1.82) is 0 Å². The number of nitrogens with one attached hydrogen (secondary N) is 2. The van der Waals surface area contributed by atoms with Gasteiger partial charge in [0.05, 0.1) is 193 Å². The molecule has 2 saturated carbocycles. The largest absolute Gasteiger partial charge is 0.497 e. The Morgan fingerprint density at radius 3 is 1.17 bits per heavy atom. The molecule has 2 aliphatic carbocycles. The molecule has 0 atom stereocenters. The summed E-state index contributed by atoms with van der Waals surface area (Å²) in [5, 5.41) is 42.1. The molecule has 0 radical (unpaired) electrons. The molecule has 8 aromatic carbocycles. The first-order valence-corrected chi connectivity index (χ1v) is 46.4. The van der Waals surface area contributed by atoms with Gasteiger partial charge in [0.2, 0.25) is 5.91 Å². The average Bonchev–Trinajstić information content (AvgIpc) is 1.36. The zero-order chi connectivity index (χ0) is 94.8. The molecule has 9 heterocycles. The zero-order valence-electron chi connectivity index (χ0n) is 78.3. The molecule has 3 fully saturated rings. The monoisotopic (exact) mass is 1900 g/mol. The maximum absolute atomic E-state index is 12.6. The number of aromatic amines is 1. The van der Waals surface area contributed by atoms with Crippen molar-refractivity contribution < 1.29 is 52.9 Å². The van der Waals surface area contributed by atoms with Gasteiger partial charge in [-0.25, -0.2) is 19.9 Å². The van der Waals surface area contributed by atoms with Crippen molar-refractivity contribution in [2.24, 2.45) is 18.9 Å². The second kappa shape index (κ2) is 44.0. The highest BCUT2D eigenvalue weighted by Gasteiger charge is 2.32. The van der Waals surface area contributed by atoms with Gasteiger partial charge in [-0.1, -0.05) is 15.9 Å². The second-order valence-corrected chi connectivity index (χ2v) is 34.6. The SMILES string of the molecule is COc1cc(OC)cc(N(CC2CC2)c2ccc3ncc(-c4cnn(C(C)(C)C(=O)NCCO)c4)nc3c2)c1.COc1cc(OC)cc(N(CC2CC2)c2ccc3ncc(-c4cnn(CCBr)c4)nc3c2)c1.COc1cc(OC)cc(N(CCCN2CCCC2)c2ccc3ncc(-c4cnn(C)c4)nc3c2)c1.COc1cc(OC)cc(N(CCO)c2ccc3ncc(-c4cn[nH]c4)nc3c2)c1. The Kier molecular flexibility index (Phi) is 30.6. The number of amides is 1. The van der Waals surface area contributed by atoms with E-state index in [4.69, 9.17) is 62.9 Å². The number of carbonyl (C=O) groups excluding carboxylic acids is 1. The molecule has 136 heavy (non-hydrogen) atoms. The van der Waals surface area contributed by atoms with E-state index in [-0.39, 0.29) is 25.7 Å². The molecule has 8 aromatic heterocycles. The number of carbonyl (C=O) groups is 1. The number of methoxy groups -OCH3 is 8. The van der Waals surface area contributed by atoms with Crippen molar-refractivity contribution in [2.45, 2.75) is 70.9 Å². The number of nitrogens with zero attached hydrogens (tertiary/aromatic N) is 20. The summed E-state index contributed by atoms with van der Waals surface area (Å²) in [6.07, 6.45) is 30.2. The molecule has 0 bridgehead atoms. The Labute approximate surface area is 797 Å². The van der Waals surface area contributed by atoms with Crippen LogP contribution in [0.1, 0.15) is 58.8 Å². The molecule has 0 unspecified atom stereocenters. The van der Waals surface area contributed by atoms with Gasteiger partial charge in [-0.2, -0.15) is 20.4 Å². The predicted molar refractivity (Wildman–Crippen MR) is 533 cm³/mol. The first-order chi connectivity index (χ1) is 66.3. The van der Waals surface area contributed by atoms with Gasteiger partial charge in [-0.05, 0) is 163 Å². The van der Waals surface area contributed by atoms with Crippen molar-refractivity contribution in [3.63, 3.8) is 0 Å². The van der Waals surface area contributed by atoms with Crippen LogP contribution in [0.4, 0.5) is 45.5 Å². The Morgan fingerprint density at radius 1 is 0.426 bits per heavy atom. The Hall–Kier alpha value is -14.6. The summed E-state index contributed by atoms with van der Waals surface area (Å²) in [6, 6.07) is 48.0. The van der Waals surface area contributed by atoms with Crippen molar-refractivity contribution in [2.75, 3.05) is 147 Å². The number of likely N-dealkylation sites (tertiary alicyclic amines) is 1. The van der Waals surface area contributed by atoms with E-state index in [1.807, 2.05) is 133 Å². The summed E-state index contributed by atoms with van der Waals surface area (Å²) in [5.74, 6) is 6.99. The van der Waals surface area contributed by atoms with Gasteiger partial charge in [-0.15, -0.1) is 0 Å². The number of hydrogen-bond donors (Lipinski definition) is 4. The molecule has 1 amide bonds. The van der Waals surface area contributed by atoms with E-state index < -0.39 is 5.54 Å². The first-order valence-electron chi connectivity index (χ1n) is 45.3. The summed E-state index contributed by atoms with van der Waals surface area (Å²) in [4.78, 5) is 61.9. The van der Waals surface area contributed by atoms with Crippen molar-refractivity contribution in [3.8, 4) is 91.0 Å². The van der Waals surface area contributed by atoms with Crippen LogP contribution in [0.15, 0.2) is 220 Å². The number of ether oxygens (including phenoxy) is 8. The number of aliphatic hydroxyl groups is 2. The fourth-order valence-electron chi connectivity index (χ4n) is 16.1. The third kappa shape index (κ3) is 23.2. The number of hydrogen-bond acceptors (Lipinski definition) is 28. The first kappa shape index (κ1) is 94.6. The minimum Gasteiger partial charge on any atom is -0.497 e. The number of anilines is 8. The lowest BCUT2D eigenvalue weighted by Crippen LogP contribution is -2.45. The number of halogens is 1. The highest BCUT2D eigenvalue weighted by atomic mass is 79.9. The Morgan fingerprint density at radius 2 is 0.801 bits per heavy atom. The van der Waals surface area contributed by atoms with E-state index >= 15 is 0 Å². The van der Waals surface area contributed by atoms with E-state index in [0.717, 1.165) is 208 Å². The van der Waals surface area contributed by atoms with Crippen LogP contribution in [-0.2, 0) is 23.9 Å². The molecule has 0 spiro atoms. The minimum atomic E-state index is -0.939. The van der Waals surface area contributed by atoms with Gasteiger partial charge in [0.25, 0.3) is 0 Å². The molecule has 3 aliphatic rings. The molecule has 34 heteroatoms. The number of H-pyrrole nitrogens is 1. The maximum Gasteiger partial charge on any atom is 0.247 e. The number of aryl methyl sites for hydroxylation is 2. The third-order valence-corrected chi connectivity index (χ3v) is 24.4. The van der Waals surface area contributed by atoms with E-state index in [0.29, 0.717) is 35.6 Å². The molecule has 1 aliphatic heterocycles. The average molecular weight is 1900 g/mol. The van der Waals surface area contributed by atoms with Crippen molar-refractivity contribution >= 4 is 111 Å². The van der Waals surface area contributed by atoms with Crippen LogP contribution in [0.25, 0.3) is 89.2 Å². The molecule has 4 N–H and O–H groups in total. The van der Waals surface area contributed by atoms with Crippen LogP contribution >= 0.6 is 15.9 Å². The highest BCUT2D eigenvalue weighted by Crippen LogP contribution is 2.44. The summed E-state index contributed by atoms with van der Waals surface area (Å²) < 4.78 is 49.3.